The summed E-state index contributed by atoms with van der Waals surface area (Å²) in [7, 11) is 5.57. The lowest BCUT2D eigenvalue weighted by Crippen LogP contribution is -2.58. The molecule has 29 heavy (non-hydrogen) atoms. The maximum absolute atomic E-state index is 13.1. The monoisotopic (exact) mass is 467 g/mol. The number of primary amides is 1. The predicted molar refractivity (Wildman–Crippen MR) is 113 cm³/mol. The molecule has 2 saturated carbocycles. The van der Waals surface area contributed by atoms with Gasteiger partial charge >= 0.3 is 5.97 Å². The van der Waals surface area contributed by atoms with Gasteiger partial charge in [-0.1, -0.05) is 0 Å². The second kappa shape index (κ2) is 8.95. The van der Waals surface area contributed by atoms with Gasteiger partial charge in [0.2, 0.25) is 11.9 Å². The molecule has 0 radical (unpaired) electrons. The van der Waals surface area contributed by atoms with E-state index in [-0.39, 0.29) is 12.1 Å². The fourth-order valence-electron chi connectivity index (χ4n) is 4.41. The zero-order valence-corrected chi connectivity index (χ0v) is 18.9. The van der Waals surface area contributed by atoms with Crippen molar-refractivity contribution in [3.8, 4) is 0 Å². The predicted octanol–water partition coefficient (Wildman–Crippen LogP) is 1.97. The molecule has 1 atom stereocenters. The molecule has 1 unspecified atom stereocenters. The van der Waals surface area contributed by atoms with Gasteiger partial charge in [0.15, 0.2) is 0 Å². The minimum atomic E-state index is -0.874. The first-order chi connectivity index (χ1) is 13.7. The lowest BCUT2D eigenvalue weighted by molar-refractivity contribution is -0.167. The molecule has 1 heterocycles. The van der Waals surface area contributed by atoms with Crippen molar-refractivity contribution in [2.24, 2.45) is 17.1 Å². The number of carbonyl (C=O) groups excluding carboxylic acids is 2. The molecule has 0 bridgehead atoms. The van der Waals surface area contributed by atoms with Crippen molar-refractivity contribution in [3.05, 3.63) is 16.9 Å². The standard InChI is InChI=1S/C20H30BrN5O3/c1-25(2)16(17(22)27)20(18(28)29-15-4-5-15)8-6-13(7-9-20)12-26(3)19-23-10-14(21)11-24-19/h10-11,13,15-16H,4-9,12H2,1-3H3,(H2,22,27). The van der Waals surface area contributed by atoms with Crippen LogP contribution >= 0.6 is 15.9 Å². The molecule has 3 rings (SSSR count). The van der Waals surface area contributed by atoms with Gasteiger partial charge in [0.05, 0.1) is 9.89 Å². The first-order valence-corrected chi connectivity index (χ1v) is 10.9. The van der Waals surface area contributed by atoms with Crippen LogP contribution in [0.1, 0.15) is 38.5 Å². The Bertz CT molecular complexity index is 730. The fraction of sp³-hybridized carbons (Fsp3) is 0.700. The number of carbonyl (C=O) groups is 2. The lowest BCUT2D eigenvalue weighted by atomic mass is 9.65. The molecule has 0 aliphatic heterocycles. The van der Waals surface area contributed by atoms with Crippen molar-refractivity contribution in [1.82, 2.24) is 14.9 Å². The van der Waals surface area contributed by atoms with Gasteiger partial charge < -0.3 is 15.4 Å². The van der Waals surface area contributed by atoms with Gasteiger partial charge in [-0.15, -0.1) is 0 Å². The second-order valence-electron chi connectivity index (χ2n) is 8.55. The van der Waals surface area contributed by atoms with Crippen LogP contribution in [0.2, 0.25) is 0 Å². The van der Waals surface area contributed by atoms with E-state index in [1.54, 1.807) is 31.4 Å². The van der Waals surface area contributed by atoms with Gasteiger partial charge in [0, 0.05) is 26.0 Å². The normalized spacial score (nSPS) is 25.5. The van der Waals surface area contributed by atoms with Crippen molar-refractivity contribution in [2.75, 3.05) is 32.6 Å². The average molecular weight is 468 g/mol. The maximum atomic E-state index is 13.1. The quantitative estimate of drug-likeness (QED) is 0.582. The van der Waals surface area contributed by atoms with Crippen LogP contribution in [0.15, 0.2) is 16.9 Å². The Morgan fingerprint density at radius 2 is 1.79 bits per heavy atom. The highest BCUT2D eigenvalue weighted by Gasteiger charge is 2.53. The van der Waals surface area contributed by atoms with E-state index >= 15 is 0 Å². The molecule has 1 aromatic heterocycles. The van der Waals surface area contributed by atoms with Crippen LogP contribution in [0.25, 0.3) is 0 Å². The second-order valence-corrected chi connectivity index (χ2v) is 9.47. The molecule has 1 aromatic rings. The van der Waals surface area contributed by atoms with Crippen molar-refractivity contribution in [3.63, 3.8) is 0 Å². The molecular formula is C20H30BrN5O3. The molecule has 0 saturated heterocycles. The molecule has 0 spiro atoms. The topological polar surface area (TPSA) is 102 Å². The first kappa shape index (κ1) is 22.0. The third kappa shape index (κ3) is 5.06. The van der Waals surface area contributed by atoms with E-state index in [4.69, 9.17) is 10.5 Å². The van der Waals surface area contributed by atoms with Gasteiger partial charge in [-0.25, -0.2) is 9.97 Å². The maximum Gasteiger partial charge on any atom is 0.314 e. The van der Waals surface area contributed by atoms with Gasteiger partial charge in [0.1, 0.15) is 12.1 Å². The highest BCUT2D eigenvalue weighted by molar-refractivity contribution is 9.10. The zero-order valence-electron chi connectivity index (χ0n) is 17.3. The van der Waals surface area contributed by atoms with Crippen molar-refractivity contribution >= 4 is 33.8 Å². The molecule has 0 aromatic carbocycles. The number of amides is 1. The minimum Gasteiger partial charge on any atom is -0.462 e. The third-order valence-electron chi connectivity index (χ3n) is 5.99. The highest BCUT2D eigenvalue weighted by Crippen LogP contribution is 2.45. The summed E-state index contributed by atoms with van der Waals surface area (Å²) in [5.74, 6) is 0.313. The lowest BCUT2D eigenvalue weighted by Gasteiger charge is -2.44. The number of halogens is 1. The van der Waals surface area contributed by atoms with E-state index < -0.39 is 17.4 Å². The number of likely N-dealkylation sites (N-methyl/N-ethyl adjacent to an activating group) is 1. The van der Waals surface area contributed by atoms with Gasteiger partial charge in [0.25, 0.3) is 0 Å². The van der Waals surface area contributed by atoms with Gasteiger partial charge in [-0.05, 0) is 74.5 Å². The van der Waals surface area contributed by atoms with E-state index in [0.717, 1.165) is 36.7 Å². The molecule has 9 heteroatoms. The Balaban J connectivity index is 1.70. The van der Waals surface area contributed by atoms with Crippen LogP contribution in [-0.4, -0.2) is 66.6 Å². The fourth-order valence-corrected chi connectivity index (χ4v) is 4.62. The smallest absolute Gasteiger partial charge is 0.314 e. The summed E-state index contributed by atoms with van der Waals surface area (Å²) in [5.41, 5.74) is 4.85. The van der Waals surface area contributed by atoms with Crippen LogP contribution in [0.3, 0.4) is 0 Å². The zero-order chi connectivity index (χ0) is 21.2. The Labute approximate surface area is 180 Å². The van der Waals surface area contributed by atoms with E-state index in [0.29, 0.717) is 24.7 Å². The number of esters is 1. The Morgan fingerprint density at radius 1 is 1.21 bits per heavy atom. The van der Waals surface area contributed by atoms with E-state index in [2.05, 4.69) is 25.9 Å². The van der Waals surface area contributed by atoms with Crippen molar-refractivity contribution < 1.29 is 14.3 Å². The SMILES string of the molecule is CN(CC1CCC(C(=O)OC2CC2)(C(C(N)=O)N(C)C)CC1)c1ncc(Br)cn1. The third-order valence-corrected chi connectivity index (χ3v) is 6.40. The molecule has 2 aliphatic carbocycles. The molecular weight excluding hydrogens is 438 g/mol. The van der Waals surface area contributed by atoms with Gasteiger partial charge in [-0.2, -0.15) is 0 Å². The number of anilines is 1. The summed E-state index contributed by atoms with van der Waals surface area (Å²) >= 11 is 3.35. The molecule has 2 fully saturated rings. The Kier molecular flexibility index (Phi) is 6.78. The average Bonchev–Trinajstić information content (AvgIpc) is 3.47. The molecule has 2 N–H and O–H groups in total. The van der Waals surface area contributed by atoms with Crippen LogP contribution < -0.4 is 10.6 Å². The Hall–Kier alpha value is -1.74. The number of aromatic nitrogens is 2. The molecule has 160 valence electrons. The summed E-state index contributed by atoms with van der Waals surface area (Å²) in [6, 6.07) is -0.665. The van der Waals surface area contributed by atoms with E-state index in [9.17, 15) is 9.59 Å². The minimum absolute atomic E-state index is 0.00785. The van der Waals surface area contributed by atoms with Crippen molar-refractivity contribution in [1.29, 1.82) is 0 Å². The summed E-state index contributed by atoms with van der Waals surface area (Å²) < 4.78 is 6.51. The summed E-state index contributed by atoms with van der Waals surface area (Å²) in [5, 5.41) is 0. The summed E-state index contributed by atoms with van der Waals surface area (Å²) in [6.45, 7) is 0.790. The number of nitrogens with zero attached hydrogens (tertiary/aromatic N) is 4. The van der Waals surface area contributed by atoms with Crippen LogP contribution in [0.5, 0.6) is 0 Å². The Morgan fingerprint density at radius 3 is 2.28 bits per heavy atom. The van der Waals surface area contributed by atoms with Crippen LogP contribution in [-0.2, 0) is 14.3 Å². The molecule has 2 aliphatic rings. The molecule has 1 amide bonds. The largest absolute Gasteiger partial charge is 0.462 e. The van der Waals surface area contributed by atoms with E-state index in [1.165, 1.54) is 0 Å². The van der Waals surface area contributed by atoms with Crippen LogP contribution in [0.4, 0.5) is 5.95 Å². The highest BCUT2D eigenvalue weighted by atomic mass is 79.9. The number of ether oxygens (including phenoxy) is 1. The van der Waals surface area contributed by atoms with E-state index in [1.807, 2.05) is 11.9 Å². The molecule has 8 nitrogen and oxygen atoms in total. The summed E-state index contributed by atoms with van der Waals surface area (Å²) in [4.78, 5) is 37.9. The number of hydrogen-bond donors (Lipinski definition) is 1. The number of rotatable bonds is 8. The summed E-state index contributed by atoms with van der Waals surface area (Å²) in [6.07, 6.45) is 8.09. The number of hydrogen-bond acceptors (Lipinski definition) is 7. The van der Waals surface area contributed by atoms with Crippen LogP contribution in [0, 0.1) is 11.3 Å². The first-order valence-electron chi connectivity index (χ1n) is 10.1. The van der Waals surface area contributed by atoms with Crippen molar-refractivity contribution in [2.45, 2.75) is 50.7 Å². The van der Waals surface area contributed by atoms with Gasteiger partial charge in [-0.3, -0.25) is 14.5 Å². The number of nitrogens with two attached hydrogens (primary N) is 1.